The quantitative estimate of drug-likeness (QED) is 0.547. The van der Waals surface area contributed by atoms with E-state index in [1.165, 1.54) is 7.11 Å². The van der Waals surface area contributed by atoms with Crippen molar-refractivity contribution < 1.29 is 19.1 Å². The number of rotatable bonds is 6. The van der Waals surface area contributed by atoms with Crippen molar-refractivity contribution in [2.75, 3.05) is 20.2 Å². The molecular weight excluding hydrogens is 322 g/mol. The van der Waals surface area contributed by atoms with Gasteiger partial charge in [-0.2, -0.15) is 0 Å². The number of nitrogens with one attached hydrogen (secondary N) is 3. The van der Waals surface area contributed by atoms with Crippen LogP contribution < -0.4 is 10.6 Å². The zero-order chi connectivity index (χ0) is 18.4. The average Bonchev–Trinajstić information content (AvgIpc) is 2.93. The second-order valence-electron chi connectivity index (χ2n) is 5.49. The van der Waals surface area contributed by atoms with Gasteiger partial charge in [0.25, 0.3) is 11.8 Å². The van der Waals surface area contributed by atoms with Crippen LogP contribution in [0.3, 0.4) is 0 Å². The van der Waals surface area contributed by atoms with Gasteiger partial charge in [0.15, 0.2) is 0 Å². The van der Waals surface area contributed by atoms with Gasteiger partial charge in [-0.25, -0.2) is 4.79 Å². The molecule has 0 bridgehead atoms. The van der Waals surface area contributed by atoms with E-state index in [1.54, 1.807) is 38.1 Å². The normalized spacial score (nSPS) is 10.2. The van der Waals surface area contributed by atoms with Crippen LogP contribution in [0.25, 0.3) is 0 Å². The minimum absolute atomic E-state index is 0.199. The molecule has 0 saturated heterocycles. The Morgan fingerprint density at radius 1 is 1.00 bits per heavy atom. The predicted molar refractivity (Wildman–Crippen MR) is 92.7 cm³/mol. The van der Waals surface area contributed by atoms with Gasteiger partial charge < -0.3 is 20.4 Å². The first-order chi connectivity index (χ1) is 12.0. The number of aromatic nitrogens is 1. The van der Waals surface area contributed by atoms with E-state index in [4.69, 9.17) is 4.74 Å². The molecule has 0 radical (unpaired) electrons. The number of hydrogen-bond donors (Lipinski definition) is 3. The van der Waals surface area contributed by atoms with E-state index in [9.17, 15) is 14.4 Å². The number of H-pyrrole nitrogens is 1. The van der Waals surface area contributed by atoms with Gasteiger partial charge >= 0.3 is 5.97 Å². The van der Waals surface area contributed by atoms with Crippen LogP contribution in [0.4, 0.5) is 0 Å². The minimum Gasteiger partial charge on any atom is -0.465 e. The van der Waals surface area contributed by atoms with E-state index in [2.05, 4.69) is 15.6 Å². The highest BCUT2D eigenvalue weighted by Gasteiger charge is 2.22. The Kier molecular flexibility index (Phi) is 5.94. The molecule has 2 amide bonds. The van der Waals surface area contributed by atoms with Crippen molar-refractivity contribution in [3.8, 4) is 0 Å². The first kappa shape index (κ1) is 18.3. The number of ether oxygens (including phenoxy) is 1. The summed E-state index contributed by atoms with van der Waals surface area (Å²) in [5.41, 5.74) is 2.35. The molecule has 7 heteroatoms. The van der Waals surface area contributed by atoms with E-state index in [0.29, 0.717) is 34.6 Å². The van der Waals surface area contributed by atoms with Crippen molar-refractivity contribution in [3.63, 3.8) is 0 Å². The molecule has 7 nitrogen and oxygen atoms in total. The molecule has 0 atom stereocenters. The SMILES string of the molecule is COC(=O)c1c(C)[nH]c(C(=O)NCCNC(=O)c2ccccc2)c1C. The lowest BCUT2D eigenvalue weighted by Crippen LogP contribution is -2.35. The fourth-order valence-electron chi connectivity index (χ4n) is 2.52. The highest BCUT2D eigenvalue weighted by Crippen LogP contribution is 2.18. The molecular formula is C18H21N3O4. The second-order valence-corrected chi connectivity index (χ2v) is 5.49. The number of amides is 2. The summed E-state index contributed by atoms with van der Waals surface area (Å²) < 4.78 is 4.72. The third-order valence-corrected chi connectivity index (χ3v) is 3.79. The summed E-state index contributed by atoms with van der Waals surface area (Å²) in [6, 6.07) is 8.83. The third kappa shape index (κ3) is 4.26. The predicted octanol–water partition coefficient (Wildman–Crippen LogP) is 1.58. The molecule has 1 aromatic heterocycles. The largest absolute Gasteiger partial charge is 0.465 e. The lowest BCUT2D eigenvalue weighted by molar-refractivity contribution is 0.0599. The van der Waals surface area contributed by atoms with Crippen LogP contribution in [0.5, 0.6) is 0 Å². The van der Waals surface area contributed by atoms with Crippen LogP contribution in [0.1, 0.15) is 42.5 Å². The number of carbonyl (C=O) groups is 3. The molecule has 2 rings (SSSR count). The maximum Gasteiger partial charge on any atom is 0.339 e. The van der Waals surface area contributed by atoms with E-state index in [0.717, 1.165) is 0 Å². The number of aryl methyl sites for hydroxylation is 1. The van der Waals surface area contributed by atoms with Gasteiger partial charge in [0.1, 0.15) is 5.69 Å². The number of carbonyl (C=O) groups excluding carboxylic acids is 3. The molecule has 0 aliphatic carbocycles. The summed E-state index contributed by atoms with van der Waals surface area (Å²) in [6.07, 6.45) is 0. The van der Waals surface area contributed by atoms with Crippen molar-refractivity contribution in [2.24, 2.45) is 0 Å². The van der Waals surface area contributed by atoms with Gasteiger partial charge in [-0.15, -0.1) is 0 Å². The summed E-state index contributed by atoms with van der Waals surface area (Å²) in [6.45, 7) is 3.95. The summed E-state index contributed by atoms with van der Waals surface area (Å²) in [7, 11) is 1.30. The highest BCUT2D eigenvalue weighted by atomic mass is 16.5. The Bertz CT molecular complexity index is 781. The smallest absolute Gasteiger partial charge is 0.339 e. The average molecular weight is 343 g/mol. The fourth-order valence-corrected chi connectivity index (χ4v) is 2.52. The number of hydrogen-bond acceptors (Lipinski definition) is 4. The van der Waals surface area contributed by atoms with Gasteiger partial charge in [-0.1, -0.05) is 18.2 Å². The van der Waals surface area contributed by atoms with E-state index < -0.39 is 5.97 Å². The summed E-state index contributed by atoms with van der Waals surface area (Å²) in [5.74, 6) is -1.03. The van der Waals surface area contributed by atoms with Crippen molar-refractivity contribution in [1.29, 1.82) is 0 Å². The Balaban J connectivity index is 1.89. The van der Waals surface area contributed by atoms with Crippen LogP contribution in [0.15, 0.2) is 30.3 Å². The Labute approximate surface area is 145 Å². The number of esters is 1. The molecule has 1 heterocycles. The zero-order valence-electron chi connectivity index (χ0n) is 14.4. The maximum atomic E-state index is 12.2. The monoisotopic (exact) mass is 343 g/mol. The first-order valence-corrected chi connectivity index (χ1v) is 7.84. The van der Waals surface area contributed by atoms with Crippen LogP contribution in [-0.4, -0.2) is 43.0 Å². The van der Waals surface area contributed by atoms with Gasteiger partial charge in [-0.3, -0.25) is 9.59 Å². The van der Waals surface area contributed by atoms with Gasteiger partial charge in [0.2, 0.25) is 0 Å². The zero-order valence-corrected chi connectivity index (χ0v) is 14.4. The van der Waals surface area contributed by atoms with Gasteiger partial charge in [-0.05, 0) is 31.5 Å². The van der Waals surface area contributed by atoms with Gasteiger partial charge in [0, 0.05) is 24.3 Å². The fraction of sp³-hybridized carbons (Fsp3) is 0.278. The molecule has 25 heavy (non-hydrogen) atoms. The highest BCUT2D eigenvalue weighted by molar-refractivity contribution is 6.00. The molecule has 0 unspecified atom stereocenters. The Hall–Kier alpha value is -3.09. The molecule has 0 fully saturated rings. The molecule has 0 aliphatic rings. The first-order valence-electron chi connectivity index (χ1n) is 7.84. The summed E-state index contributed by atoms with van der Waals surface area (Å²) >= 11 is 0. The van der Waals surface area contributed by atoms with Crippen LogP contribution in [0, 0.1) is 13.8 Å². The van der Waals surface area contributed by atoms with Crippen LogP contribution >= 0.6 is 0 Å². The number of methoxy groups -OCH3 is 1. The van der Waals surface area contributed by atoms with Crippen molar-refractivity contribution in [3.05, 3.63) is 58.4 Å². The molecule has 2 aromatic rings. The molecule has 1 aromatic carbocycles. The van der Waals surface area contributed by atoms with E-state index in [-0.39, 0.29) is 18.4 Å². The lowest BCUT2D eigenvalue weighted by Gasteiger charge is -2.07. The van der Waals surface area contributed by atoms with Crippen molar-refractivity contribution in [2.45, 2.75) is 13.8 Å². The molecule has 3 N–H and O–H groups in total. The number of benzene rings is 1. The second kappa shape index (κ2) is 8.14. The standard InChI is InChI=1S/C18H21N3O4/c1-11-14(18(24)25-3)12(2)21-15(11)17(23)20-10-9-19-16(22)13-7-5-4-6-8-13/h4-8,21H,9-10H2,1-3H3,(H,19,22)(H,20,23). The maximum absolute atomic E-state index is 12.2. The molecule has 0 saturated carbocycles. The van der Waals surface area contributed by atoms with Crippen LogP contribution in [0.2, 0.25) is 0 Å². The minimum atomic E-state index is -0.486. The Morgan fingerprint density at radius 2 is 1.60 bits per heavy atom. The van der Waals surface area contributed by atoms with E-state index in [1.807, 2.05) is 6.07 Å². The molecule has 132 valence electrons. The summed E-state index contributed by atoms with van der Waals surface area (Å²) in [5, 5.41) is 5.43. The molecule has 0 aliphatic heterocycles. The molecule has 0 spiro atoms. The summed E-state index contributed by atoms with van der Waals surface area (Å²) in [4.78, 5) is 38.8. The van der Waals surface area contributed by atoms with Crippen LogP contribution in [-0.2, 0) is 4.74 Å². The van der Waals surface area contributed by atoms with Crippen molar-refractivity contribution in [1.82, 2.24) is 15.6 Å². The lowest BCUT2D eigenvalue weighted by atomic mass is 10.1. The van der Waals surface area contributed by atoms with Crippen molar-refractivity contribution >= 4 is 17.8 Å². The third-order valence-electron chi connectivity index (χ3n) is 3.79. The topological polar surface area (TPSA) is 100 Å². The number of aromatic amines is 1. The van der Waals surface area contributed by atoms with Gasteiger partial charge in [0.05, 0.1) is 12.7 Å². The van der Waals surface area contributed by atoms with E-state index >= 15 is 0 Å². The Morgan fingerprint density at radius 3 is 2.20 bits per heavy atom.